The number of hydrogen-bond acceptors (Lipinski definition) is 3. The molecule has 5 heteroatoms. The van der Waals surface area contributed by atoms with Crippen LogP contribution in [0.4, 0.5) is 4.79 Å². The van der Waals surface area contributed by atoms with Crippen molar-refractivity contribution in [2.45, 2.75) is 83.3 Å². The van der Waals surface area contributed by atoms with Crippen LogP contribution in [0.15, 0.2) is 0 Å². The third-order valence-electron chi connectivity index (χ3n) is 5.33. The average molecular weight is 325 g/mol. The molecule has 1 N–H and O–H groups in total. The van der Waals surface area contributed by atoms with Crippen LogP contribution in [0.1, 0.15) is 65.7 Å². The average Bonchev–Trinajstić information content (AvgIpc) is 2.47. The zero-order valence-electron chi connectivity index (χ0n) is 15.8. The van der Waals surface area contributed by atoms with Crippen LogP contribution in [0.3, 0.4) is 0 Å². The first-order chi connectivity index (χ1) is 10.8. The van der Waals surface area contributed by atoms with Gasteiger partial charge in [0, 0.05) is 44.8 Å². The van der Waals surface area contributed by atoms with Gasteiger partial charge in [-0.05, 0) is 46.5 Å². The molecule has 0 unspecified atom stereocenters. The van der Waals surface area contributed by atoms with Gasteiger partial charge in [-0.2, -0.15) is 0 Å². The van der Waals surface area contributed by atoms with Crippen LogP contribution in [-0.4, -0.2) is 65.6 Å². The lowest BCUT2D eigenvalue weighted by molar-refractivity contribution is 0.0426. The number of carbonyl (C=O) groups is 1. The molecule has 23 heavy (non-hydrogen) atoms. The molecule has 2 aliphatic rings. The fourth-order valence-corrected chi connectivity index (χ4v) is 4.05. The highest BCUT2D eigenvalue weighted by molar-refractivity contribution is 5.74. The van der Waals surface area contributed by atoms with Crippen molar-refractivity contribution in [3.63, 3.8) is 0 Å². The van der Waals surface area contributed by atoms with E-state index in [0.717, 1.165) is 25.9 Å². The summed E-state index contributed by atoms with van der Waals surface area (Å²) in [7, 11) is 3.78. The largest absolute Gasteiger partial charge is 0.332 e. The molecule has 1 saturated heterocycles. The molecule has 1 saturated carbocycles. The van der Waals surface area contributed by atoms with Crippen LogP contribution in [0, 0.1) is 0 Å². The van der Waals surface area contributed by atoms with Crippen molar-refractivity contribution in [2.75, 3.05) is 27.2 Å². The highest BCUT2D eigenvalue weighted by Gasteiger charge is 2.35. The monoisotopic (exact) mass is 324 g/mol. The summed E-state index contributed by atoms with van der Waals surface area (Å²) < 4.78 is 0. The zero-order chi connectivity index (χ0) is 17.0. The SMILES string of the molecule is CN(C)NC(=O)N(C1CCCCC1)C1CCN(C(C)(C)C)CC1. The van der Waals surface area contributed by atoms with Gasteiger partial charge in [0.15, 0.2) is 0 Å². The Kier molecular flexibility index (Phi) is 6.32. The highest BCUT2D eigenvalue weighted by atomic mass is 16.2. The van der Waals surface area contributed by atoms with Gasteiger partial charge < -0.3 is 4.90 Å². The molecule has 0 bridgehead atoms. The van der Waals surface area contributed by atoms with E-state index in [4.69, 9.17) is 0 Å². The fourth-order valence-electron chi connectivity index (χ4n) is 4.05. The van der Waals surface area contributed by atoms with Crippen LogP contribution in [0.2, 0.25) is 0 Å². The molecule has 0 atom stereocenters. The van der Waals surface area contributed by atoms with Crippen LogP contribution in [0.5, 0.6) is 0 Å². The number of nitrogens with zero attached hydrogens (tertiary/aromatic N) is 3. The summed E-state index contributed by atoms with van der Waals surface area (Å²) in [4.78, 5) is 17.5. The Hall–Kier alpha value is -0.810. The second-order valence-electron chi connectivity index (χ2n) is 8.40. The maximum atomic E-state index is 12.8. The van der Waals surface area contributed by atoms with E-state index >= 15 is 0 Å². The van der Waals surface area contributed by atoms with Crippen LogP contribution in [-0.2, 0) is 0 Å². The number of nitrogens with one attached hydrogen (secondary N) is 1. The lowest BCUT2D eigenvalue weighted by Gasteiger charge is -2.46. The van der Waals surface area contributed by atoms with Crippen molar-refractivity contribution in [1.82, 2.24) is 20.2 Å². The van der Waals surface area contributed by atoms with Crippen molar-refractivity contribution in [1.29, 1.82) is 0 Å². The van der Waals surface area contributed by atoms with Crippen molar-refractivity contribution in [2.24, 2.45) is 0 Å². The standard InChI is InChI=1S/C18H36N4O/c1-18(2,3)21-13-11-16(12-14-21)22(17(23)19-20(4)5)15-9-7-6-8-10-15/h15-16H,6-14H2,1-5H3,(H,19,23). The Labute approximate surface area is 142 Å². The first kappa shape index (κ1) is 18.5. The van der Waals surface area contributed by atoms with Gasteiger partial charge in [-0.1, -0.05) is 19.3 Å². The molecule has 1 aliphatic carbocycles. The van der Waals surface area contributed by atoms with Gasteiger partial charge >= 0.3 is 6.03 Å². The van der Waals surface area contributed by atoms with E-state index in [2.05, 4.69) is 36.0 Å². The molecule has 0 spiro atoms. The second-order valence-corrected chi connectivity index (χ2v) is 8.40. The van der Waals surface area contributed by atoms with Crippen molar-refractivity contribution >= 4 is 6.03 Å². The number of rotatable bonds is 3. The molecule has 5 nitrogen and oxygen atoms in total. The lowest BCUT2D eigenvalue weighted by atomic mass is 9.90. The number of piperidine rings is 1. The maximum absolute atomic E-state index is 12.8. The normalized spacial score (nSPS) is 22.3. The van der Waals surface area contributed by atoms with E-state index in [1.165, 1.54) is 32.1 Å². The van der Waals surface area contributed by atoms with E-state index in [1.807, 2.05) is 14.1 Å². The molecule has 0 aromatic carbocycles. The Morgan fingerprint density at radius 2 is 1.48 bits per heavy atom. The Balaban J connectivity index is 2.03. The highest BCUT2D eigenvalue weighted by Crippen LogP contribution is 2.29. The molecule has 2 fully saturated rings. The van der Waals surface area contributed by atoms with Gasteiger partial charge in [0.25, 0.3) is 0 Å². The molecule has 1 aliphatic heterocycles. The summed E-state index contributed by atoms with van der Waals surface area (Å²) in [6, 6.07) is 0.905. The number of likely N-dealkylation sites (tertiary alicyclic amines) is 1. The molecule has 0 radical (unpaired) electrons. The summed E-state index contributed by atoms with van der Waals surface area (Å²) >= 11 is 0. The molecular weight excluding hydrogens is 288 g/mol. The molecule has 1 heterocycles. The van der Waals surface area contributed by atoms with Gasteiger partial charge in [-0.15, -0.1) is 0 Å². The van der Waals surface area contributed by atoms with Crippen LogP contribution < -0.4 is 5.43 Å². The zero-order valence-corrected chi connectivity index (χ0v) is 15.8. The third-order valence-corrected chi connectivity index (χ3v) is 5.33. The number of urea groups is 1. The van der Waals surface area contributed by atoms with E-state index in [0.29, 0.717) is 12.1 Å². The van der Waals surface area contributed by atoms with Gasteiger partial charge in [0.2, 0.25) is 0 Å². The predicted octanol–water partition coefficient (Wildman–Crippen LogP) is 3.07. The molecule has 2 amide bonds. The number of carbonyl (C=O) groups excluding carboxylic acids is 1. The van der Waals surface area contributed by atoms with E-state index in [-0.39, 0.29) is 11.6 Å². The number of hydrogen-bond donors (Lipinski definition) is 1. The first-order valence-corrected chi connectivity index (χ1v) is 9.30. The van der Waals surface area contributed by atoms with Crippen molar-refractivity contribution < 1.29 is 4.79 Å². The third kappa shape index (κ3) is 5.08. The molecule has 134 valence electrons. The quantitative estimate of drug-likeness (QED) is 0.811. The summed E-state index contributed by atoms with van der Waals surface area (Å²) in [5.74, 6) is 0. The number of amides is 2. The fraction of sp³-hybridized carbons (Fsp3) is 0.944. The first-order valence-electron chi connectivity index (χ1n) is 9.30. The van der Waals surface area contributed by atoms with Gasteiger partial charge in [0.05, 0.1) is 0 Å². The van der Waals surface area contributed by atoms with Crippen LogP contribution in [0.25, 0.3) is 0 Å². The lowest BCUT2D eigenvalue weighted by Crippen LogP contribution is -2.58. The van der Waals surface area contributed by atoms with E-state index in [9.17, 15) is 4.79 Å². The smallest absolute Gasteiger partial charge is 0.318 e. The second kappa shape index (κ2) is 7.84. The predicted molar refractivity (Wildman–Crippen MR) is 95.3 cm³/mol. The van der Waals surface area contributed by atoms with Gasteiger partial charge in [0.1, 0.15) is 0 Å². The molecule has 0 aromatic heterocycles. The van der Waals surface area contributed by atoms with E-state index < -0.39 is 0 Å². The summed E-state index contributed by atoms with van der Waals surface area (Å²) in [5.41, 5.74) is 3.21. The maximum Gasteiger partial charge on any atom is 0.332 e. The topological polar surface area (TPSA) is 38.8 Å². The molecule has 2 rings (SSSR count). The van der Waals surface area contributed by atoms with Crippen molar-refractivity contribution in [3.8, 4) is 0 Å². The summed E-state index contributed by atoms with van der Waals surface area (Å²) in [6.45, 7) is 9.03. The summed E-state index contributed by atoms with van der Waals surface area (Å²) in [5, 5.41) is 1.77. The minimum absolute atomic E-state index is 0.0936. The van der Waals surface area contributed by atoms with Gasteiger partial charge in [-0.25, -0.2) is 9.80 Å². The molecule has 0 aromatic rings. The Morgan fingerprint density at radius 1 is 0.957 bits per heavy atom. The minimum Gasteiger partial charge on any atom is -0.318 e. The Bertz CT molecular complexity index is 377. The van der Waals surface area contributed by atoms with E-state index in [1.54, 1.807) is 5.01 Å². The Morgan fingerprint density at radius 3 is 1.96 bits per heavy atom. The molecular formula is C18H36N4O. The van der Waals surface area contributed by atoms with Gasteiger partial charge in [-0.3, -0.25) is 10.3 Å². The summed E-state index contributed by atoms with van der Waals surface area (Å²) in [6.07, 6.45) is 8.36. The van der Waals surface area contributed by atoms with Crippen LogP contribution >= 0.6 is 0 Å². The van der Waals surface area contributed by atoms with Crippen molar-refractivity contribution in [3.05, 3.63) is 0 Å². The number of hydrazine groups is 1. The minimum atomic E-state index is 0.0936.